The average Bonchev–Trinajstić information content (AvgIpc) is 3.12. The summed E-state index contributed by atoms with van der Waals surface area (Å²) >= 11 is 6.26. The van der Waals surface area contributed by atoms with E-state index in [0.717, 1.165) is 31.2 Å². The molecule has 1 aliphatic rings. The van der Waals surface area contributed by atoms with Crippen LogP contribution in [0.4, 0.5) is 17.5 Å². The summed E-state index contributed by atoms with van der Waals surface area (Å²) in [4.78, 5) is 9.02. The Bertz CT molecular complexity index is 921. The van der Waals surface area contributed by atoms with Crippen molar-refractivity contribution in [2.24, 2.45) is 5.73 Å². The molecule has 0 spiro atoms. The van der Waals surface area contributed by atoms with Crippen LogP contribution in [0, 0.1) is 0 Å². The van der Waals surface area contributed by atoms with Crippen LogP contribution >= 0.6 is 11.6 Å². The van der Waals surface area contributed by atoms with Gasteiger partial charge in [0.15, 0.2) is 11.3 Å². The van der Waals surface area contributed by atoms with Crippen LogP contribution in [0.25, 0.3) is 11.2 Å². The van der Waals surface area contributed by atoms with Crippen LogP contribution in [-0.2, 0) is 6.54 Å². The van der Waals surface area contributed by atoms with Crippen molar-refractivity contribution in [2.75, 3.05) is 16.4 Å². The molecule has 2 unspecified atom stereocenters. The van der Waals surface area contributed by atoms with Gasteiger partial charge in [-0.1, -0.05) is 30.5 Å². The van der Waals surface area contributed by atoms with Crippen LogP contribution in [0.2, 0.25) is 5.02 Å². The van der Waals surface area contributed by atoms with E-state index in [2.05, 4.69) is 36.0 Å². The van der Waals surface area contributed by atoms with Crippen molar-refractivity contribution in [3.8, 4) is 0 Å². The highest BCUT2D eigenvalue weighted by molar-refractivity contribution is 6.31. The van der Waals surface area contributed by atoms with E-state index >= 15 is 0 Å². The maximum atomic E-state index is 6.26. The smallest absolute Gasteiger partial charge is 0.227 e. The Morgan fingerprint density at radius 3 is 2.85 bits per heavy atom. The third-order valence-electron chi connectivity index (χ3n) is 4.90. The fourth-order valence-corrected chi connectivity index (χ4v) is 3.62. The second-order valence-corrected chi connectivity index (χ2v) is 7.16. The second-order valence-electron chi connectivity index (χ2n) is 6.75. The molecule has 142 valence electrons. The molecular formula is C17H22ClN9. The largest absolute Gasteiger partial charge is 0.398 e. The standard InChI is InChI=1S/C17H22ClN9/c18-10-4-3-6-11(19)9(10)8-21-15-14-16(26-27-25-14)24-17(23-15)22-13-7-2-1-5-12(13)20/h3-4,6,12-13H,1-2,5,7-8,19-20H2,(H3,21,22,23,24,25,26,27). The van der Waals surface area contributed by atoms with Gasteiger partial charge in [0.1, 0.15) is 0 Å². The zero-order valence-corrected chi connectivity index (χ0v) is 15.5. The summed E-state index contributed by atoms with van der Waals surface area (Å²) in [7, 11) is 0. The normalized spacial score (nSPS) is 19.9. The summed E-state index contributed by atoms with van der Waals surface area (Å²) in [6.07, 6.45) is 4.31. The van der Waals surface area contributed by atoms with E-state index in [9.17, 15) is 0 Å². The van der Waals surface area contributed by atoms with E-state index in [1.807, 2.05) is 12.1 Å². The Morgan fingerprint density at radius 1 is 1.19 bits per heavy atom. The number of H-pyrrole nitrogens is 1. The number of fused-ring (bicyclic) bond motifs is 1. The van der Waals surface area contributed by atoms with E-state index in [4.69, 9.17) is 23.1 Å². The molecule has 1 fully saturated rings. The number of nitrogens with one attached hydrogen (secondary N) is 3. The maximum Gasteiger partial charge on any atom is 0.227 e. The predicted molar refractivity (Wildman–Crippen MR) is 107 cm³/mol. The number of nitrogens with zero attached hydrogens (tertiary/aromatic N) is 4. The van der Waals surface area contributed by atoms with Gasteiger partial charge in [-0.3, -0.25) is 0 Å². The first-order valence-corrected chi connectivity index (χ1v) is 9.37. The minimum absolute atomic E-state index is 0.0923. The molecule has 1 aliphatic carbocycles. The maximum absolute atomic E-state index is 6.26. The van der Waals surface area contributed by atoms with Crippen LogP contribution in [-0.4, -0.2) is 37.5 Å². The number of anilines is 3. The first-order valence-electron chi connectivity index (χ1n) is 8.99. The van der Waals surface area contributed by atoms with Crippen molar-refractivity contribution in [1.82, 2.24) is 25.4 Å². The molecule has 0 amide bonds. The van der Waals surface area contributed by atoms with E-state index in [1.165, 1.54) is 0 Å². The average molecular weight is 388 g/mol. The van der Waals surface area contributed by atoms with Gasteiger partial charge in [0.05, 0.1) is 0 Å². The fourth-order valence-electron chi connectivity index (χ4n) is 3.37. The number of nitrogen functional groups attached to an aromatic ring is 1. The number of aromatic nitrogens is 5. The lowest BCUT2D eigenvalue weighted by atomic mass is 9.91. The molecule has 10 heteroatoms. The van der Waals surface area contributed by atoms with Crippen LogP contribution < -0.4 is 22.1 Å². The molecule has 2 aromatic heterocycles. The summed E-state index contributed by atoms with van der Waals surface area (Å²) in [5.41, 5.74) is 14.7. The molecule has 1 saturated carbocycles. The molecule has 9 nitrogen and oxygen atoms in total. The lowest BCUT2D eigenvalue weighted by Crippen LogP contribution is -2.43. The summed E-state index contributed by atoms with van der Waals surface area (Å²) in [6, 6.07) is 5.67. The molecule has 0 saturated heterocycles. The van der Waals surface area contributed by atoms with Crippen LogP contribution in [0.15, 0.2) is 18.2 Å². The Hall–Kier alpha value is -2.65. The Morgan fingerprint density at radius 2 is 2.04 bits per heavy atom. The number of nitrogens with two attached hydrogens (primary N) is 2. The Kier molecular flexibility index (Phi) is 4.95. The summed E-state index contributed by atoms with van der Waals surface area (Å²) in [5.74, 6) is 1.04. The number of rotatable bonds is 5. The number of halogens is 1. The van der Waals surface area contributed by atoms with Crippen molar-refractivity contribution in [1.29, 1.82) is 0 Å². The molecule has 4 rings (SSSR count). The minimum Gasteiger partial charge on any atom is -0.398 e. The van der Waals surface area contributed by atoms with Gasteiger partial charge in [-0.15, -0.1) is 5.10 Å². The van der Waals surface area contributed by atoms with Crippen molar-refractivity contribution in [2.45, 2.75) is 44.3 Å². The van der Waals surface area contributed by atoms with Gasteiger partial charge in [-0.25, -0.2) is 0 Å². The number of aromatic amines is 1. The molecule has 7 N–H and O–H groups in total. The van der Waals surface area contributed by atoms with E-state index in [-0.39, 0.29) is 12.1 Å². The third-order valence-corrected chi connectivity index (χ3v) is 5.26. The predicted octanol–water partition coefficient (Wildman–Crippen LogP) is 2.28. The highest BCUT2D eigenvalue weighted by Crippen LogP contribution is 2.26. The fraction of sp³-hybridized carbons (Fsp3) is 0.412. The molecule has 3 aromatic rings. The number of hydrogen-bond acceptors (Lipinski definition) is 8. The van der Waals surface area contributed by atoms with Crippen LogP contribution in [0.5, 0.6) is 0 Å². The Labute approximate surface area is 161 Å². The number of benzene rings is 1. The lowest BCUT2D eigenvalue weighted by Gasteiger charge is -2.29. The van der Waals surface area contributed by atoms with Crippen molar-refractivity contribution in [3.63, 3.8) is 0 Å². The zero-order chi connectivity index (χ0) is 18.8. The van der Waals surface area contributed by atoms with Gasteiger partial charge in [0, 0.05) is 34.9 Å². The molecule has 0 radical (unpaired) electrons. The quantitative estimate of drug-likeness (QED) is 0.419. The van der Waals surface area contributed by atoms with E-state index in [1.54, 1.807) is 6.07 Å². The first kappa shape index (κ1) is 17.7. The molecule has 1 aromatic carbocycles. The van der Waals surface area contributed by atoms with Gasteiger partial charge in [-0.05, 0) is 25.0 Å². The van der Waals surface area contributed by atoms with Gasteiger partial charge in [-0.2, -0.15) is 20.3 Å². The molecular weight excluding hydrogens is 366 g/mol. The summed E-state index contributed by atoms with van der Waals surface area (Å²) < 4.78 is 0. The number of hydrogen-bond donors (Lipinski definition) is 5. The van der Waals surface area contributed by atoms with E-state index < -0.39 is 0 Å². The van der Waals surface area contributed by atoms with Crippen molar-refractivity contribution in [3.05, 3.63) is 28.8 Å². The lowest BCUT2D eigenvalue weighted by molar-refractivity contribution is 0.402. The topological polar surface area (TPSA) is 143 Å². The highest BCUT2D eigenvalue weighted by atomic mass is 35.5. The first-order chi connectivity index (χ1) is 13.1. The van der Waals surface area contributed by atoms with Crippen molar-refractivity contribution < 1.29 is 0 Å². The van der Waals surface area contributed by atoms with Crippen LogP contribution in [0.3, 0.4) is 0 Å². The molecule has 2 heterocycles. The van der Waals surface area contributed by atoms with Gasteiger partial charge in [0.25, 0.3) is 0 Å². The SMILES string of the molecule is Nc1cccc(Cl)c1CNc1nc(NC2CCCCC2N)nc2n[nH]nc12. The summed E-state index contributed by atoms with van der Waals surface area (Å²) in [6.45, 7) is 0.410. The molecule has 27 heavy (non-hydrogen) atoms. The third kappa shape index (κ3) is 3.74. The highest BCUT2D eigenvalue weighted by Gasteiger charge is 2.23. The van der Waals surface area contributed by atoms with Crippen LogP contribution in [0.1, 0.15) is 31.2 Å². The Balaban J connectivity index is 1.59. The van der Waals surface area contributed by atoms with Crippen molar-refractivity contribution >= 4 is 40.2 Å². The molecule has 2 atom stereocenters. The minimum atomic E-state index is 0.0923. The second kappa shape index (κ2) is 7.53. The monoisotopic (exact) mass is 387 g/mol. The zero-order valence-electron chi connectivity index (χ0n) is 14.7. The van der Waals surface area contributed by atoms with Gasteiger partial charge >= 0.3 is 0 Å². The van der Waals surface area contributed by atoms with E-state index in [0.29, 0.717) is 40.2 Å². The van der Waals surface area contributed by atoms with Gasteiger partial charge in [0.2, 0.25) is 11.6 Å². The molecule has 0 aliphatic heterocycles. The molecule has 0 bridgehead atoms. The summed E-state index contributed by atoms with van der Waals surface area (Å²) in [5, 5.41) is 18.0. The van der Waals surface area contributed by atoms with Gasteiger partial charge < -0.3 is 22.1 Å².